The first-order valence-electron chi connectivity index (χ1n) is 11.0. The second-order valence-corrected chi connectivity index (χ2v) is 8.46. The lowest BCUT2D eigenvalue weighted by molar-refractivity contribution is -0.137. The molecular formula is C24H20F5N3O5. The highest BCUT2D eigenvalue weighted by molar-refractivity contribution is 6.00. The number of carbonyl (C=O) groups is 2. The average Bonchev–Trinajstić information content (AvgIpc) is 2.86. The summed E-state index contributed by atoms with van der Waals surface area (Å²) in [5.74, 6) is -4.98. The number of aliphatic hydroxyl groups is 1. The van der Waals surface area contributed by atoms with E-state index >= 15 is 0 Å². The number of benzene rings is 2. The van der Waals surface area contributed by atoms with Crippen LogP contribution in [0.15, 0.2) is 41.3 Å². The summed E-state index contributed by atoms with van der Waals surface area (Å²) in [4.78, 5) is 38.4. The lowest BCUT2D eigenvalue weighted by Crippen LogP contribution is -2.49. The van der Waals surface area contributed by atoms with Crippen LogP contribution >= 0.6 is 0 Å². The number of pyridine rings is 1. The van der Waals surface area contributed by atoms with Gasteiger partial charge in [0.1, 0.15) is 18.2 Å². The molecule has 3 aromatic rings. The number of halogens is 5. The number of ether oxygens (including phenoxy) is 1. The molecule has 13 heteroatoms. The van der Waals surface area contributed by atoms with E-state index in [1.54, 1.807) is 6.92 Å². The molecule has 0 bridgehead atoms. The number of aliphatic hydroxyl groups excluding tert-OH is 1. The number of rotatable bonds is 6. The van der Waals surface area contributed by atoms with Crippen molar-refractivity contribution >= 4 is 22.7 Å². The van der Waals surface area contributed by atoms with Crippen LogP contribution in [0.4, 0.5) is 22.0 Å². The van der Waals surface area contributed by atoms with Crippen LogP contribution in [0.5, 0.6) is 5.75 Å². The Morgan fingerprint density at radius 2 is 1.89 bits per heavy atom. The Morgan fingerprint density at radius 1 is 1.22 bits per heavy atom. The molecule has 0 saturated heterocycles. The number of carbonyl (C=O) groups excluding carboxylic acids is 2. The summed E-state index contributed by atoms with van der Waals surface area (Å²) < 4.78 is 73.0. The highest BCUT2D eigenvalue weighted by Gasteiger charge is 2.31. The number of nitrogens with one attached hydrogen (secondary N) is 2. The highest BCUT2D eigenvalue weighted by Crippen LogP contribution is 2.35. The maximum Gasteiger partial charge on any atom is 0.416 e. The molecule has 2 atom stereocenters. The predicted molar refractivity (Wildman–Crippen MR) is 120 cm³/mol. The topological polar surface area (TPSA) is 110 Å². The summed E-state index contributed by atoms with van der Waals surface area (Å²) in [6.07, 6.45) is -3.37. The third kappa shape index (κ3) is 4.99. The Bertz CT molecular complexity index is 1440. The van der Waals surface area contributed by atoms with Gasteiger partial charge >= 0.3 is 6.18 Å². The number of hydrogen-bond donors (Lipinski definition) is 3. The van der Waals surface area contributed by atoms with E-state index in [1.807, 2.05) is 0 Å². The molecule has 2 aromatic carbocycles. The zero-order valence-electron chi connectivity index (χ0n) is 19.2. The van der Waals surface area contributed by atoms with Crippen LogP contribution in [0, 0.1) is 11.6 Å². The molecule has 0 fully saturated rings. The molecule has 3 N–H and O–H groups in total. The smallest absolute Gasteiger partial charge is 0.416 e. The van der Waals surface area contributed by atoms with Gasteiger partial charge in [-0.3, -0.25) is 14.4 Å². The molecular weight excluding hydrogens is 505 g/mol. The van der Waals surface area contributed by atoms with Crippen LogP contribution in [-0.2, 0) is 17.5 Å². The molecule has 0 aliphatic carbocycles. The molecule has 0 radical (unpaired) electrons. The monoisotopic (exact) mass is 525 g/mol. The van der Waals surface area contributed by atoms with Gasteiger partial charge in [0.05, 0.1) is 29.1 Å². The van der Waals surface area contributed by atoms with Gasteiger partial charge in [-0.25, -0.2) is 4.39 Å². The molecule has 0 spiro atoms. The molecule has 0 saturated carbocycles. The largest absolute Gasteiger partial charge is 0.486 e. The van der Waals surface area contributed by atoms with E-state index in [1.165, 1.54) is 4.57 Å². The van der Waals surface area contributed by atoms with Crippen LogP contribution in [-0.4, -0.2) is 40.7 Å². The summed E-state index contributed by atoms with van der Waals surface area (Å²) >= 11 is 0. The molecule has 2 heterocycles. The first kappa shape index (κ1) is 26.1. The Labute approximate surface area is 205 Å². The van der Waals surface area contributed by atoms with Gasteiger partial charge in [0.25, 0.3) is 5.91 Å². The average molecular weight is 525 g/mol. The number of amides is 2. The van der Waals surface area contributed by atoms with Crippen LogP contribution in [0.1, 0.15) is 34.5 Å². The van der Waals surface area contributed by atoms with Crippen molar-refractivity contribution in [3.8, 4) is 5.75 Å². The van der Waals surface area contributed by atoms with E-state index in [0.29, 0.717) is 11.6 Å². The molecule has 1 aromatic heterocycles. The Balaban J connectivity index is 1.54. The molecule has 2 amide bonds. The third-order valence-corrected chi connectivity index (χ3v) is 5.91. The predicted octanol–water partition coefficient (Wildman–Crippen LogP) is 2.66. The second kappa shape index (κ2) is 9.81. The normalized spacial score (nSPS) is 15.7. The number of aromatic nitrogens is 1. The van der Waals surface area contributed by atoms with Gasteiger partial charge in [-0.15, -0.1) is 0 Å². The third-order valence-electron chi connectivity index (χ3n) is 5.91. The SMILES string of the molecule is CC1COc2c(F)c(F)cc3c(=O)c(C(=O)N[C@@H](CO)C(=O)NCc4ccc(C(F)(F)F)cc4)cn1c23. The lowest BCUT2D eigenvalue weighted by atomic mass is 10.1. The minimum Gasteiger partial charge on any atom is -0.486 e. The van der Waals surface area contributed by atoms with Gasteiger partial charge < -0.3 is 25.0 Å². The molecule has 1 aliphatic heterocycles. The minimum absolute atomic E-state index is 0.0211. The summed E-state index contributed by atoms with van der Waals surface area (Å²) in [5, 5.41) is 13.9. The van der Waals surface area contributed by atoms with Crippen molar-refractivity contribution in [1.82, 2.24) is 15.2 Å². The van der Waals surface area contributed by atoms with E-state index in [-0.39, 0.29) is 24.1 Å². The van der Waals surface area contributed by atoms with Gasteiger partial charge in [-0.05, 0) is 30.7 Å². The van der Waals surface area contributed by atoms with Gasteiger partial charge in [0.15, 0.2) is 11.6 Å². The number of nitrogens with zero attached hydrogens (tertiary/aromatic N) is 1. The van der Waals surface area contributed by atoms with E-state index in [0.717, 1.165) is 30.5 Å². The summed E-state index contributed by atoms with van der Waals surface area (Å²) in [7, 11) is 0. The van der Waals surface area contributed by atoms with Crippen LogP contribution < -0.4 is 20.8 Å². The summed E-state index contributed by atoms with van der Waals surface area (Å²) in [6, 6.07) is 2.71. The maximum atomic E-state index is 14.2. The fourth-order valence-corrected chi connectivity index (χ4v) is 3.91. The van der Waals surface area contributed by atoms with Gasteiger partial charge in [0.2, 0.25) is 17.2 Å². The van der Waals surface area contributed by atoms with E-state index < -0.39 is 70.6 Å². The zero-order valence-corrected chi connectivity index (χ0v) is 19.2. The first-order chi connectivity index (χ1) is 17.4. The van der Waals surface area contributed by atoms with Gasteiger partial charge in [0, 0.05) is 12.7 Å². The van der Waals surface area contributed by atoms with E-state index in [4.69, 9.17) is 4.74 Å². The summed E-state index contributed by atoms with van der Waals surface area (Å²) in [5.41, 5.74) is -1.97. The first-order valence-corrected chi connectivity index (χ1v) is 11.0. The second-order valence-electron chi connectivity index (χ2n) is 8.46. The van der Waals surface area contributed by atoms with Crippen molar-refractivity contribution in [3.05, 3.63) is 75.1 Å². The summed E-state index contributed by atoms with van der Waals surface area (Å²) in [6.45, 7) is 0.552. The molecule has 8 nitrogen and oxygen atoms in total. The number of hydrogen-bond acceptors (Lipinski definition) is 5. The zero-order chi connectivity index (χ0) is 27.1. The van der Waals surface area contributed by atoms with Crippen LogP contribution in [0.25, 0.3) is 10.9 Å². The molecule has 196 valence electrons. The van der Waals surface area contributed by atoms with Crippen molar-refractivity contribution in [1.29, 1.82) is 0 Å². The molecule has 37 heavy (non-hydrogen) atoms. The Hall–Kier alpha value is -4.00. The van der Waals surface area contributed by atoms with Gasteiger partial charge in [-0.2, -0.15) is 17.6 Å². The van der Waals surface area contributed by atoms with Crippen molar-refractivity contribution in [2.45, 2.75) is 31.7 Å². The Morgan fingerprint density at radius 3 is 2.51 bits per heavy atom. The highest BCUT2D eigenvalue weighted by atomic mass is 19.4. The fourth-order valence-electron chi connectivity index (χ4n) is 3.91. The van der Waals surface area contributed by atoms with Gasteiger partial charge in [-0.1, -0.05) is 12.1 Å². The Kier molecular flexibility index (Phi) is 6.91. The standard InChI is InChI=1S/C24H20F5N3O5/c1-11-10-37-21-18(26)16(25)6-14-19(21)32(11)8-15(20(14)34)22(35)31-17(9-33)23(36)30-7-12-2-4-13(5-3-12)24(27,28)29/h2-6,8,11,17,33H,7,9-10H2,1H3,(H,30,36)(H,31,35)/t11?,17-/m0/s1. The molecule has 1 aliphatic rings. The lowest BCUT2D eigenvalue weighted by Gasteiger charge is -2.27. The van der Waals surface area contributed by atoms with Crippen molar-refractivity contribution in [2.75, 3.05) is 13.2 Å². The van der Waals surface area contributed by atoms with E-state index in [9.17, 15) is 41.4 Å². The fraction of sp³-hybridized carbons (Fsp3) is 0.292. The molecule has 1 unspecified atom stereocenters. The number of alkyl halides is 3. The quantitative estimate of drug-likeness (QED) is 0.429. The van der Waals surface area contributed by atoms with Crippen molar-refractivity contribution in [3.63, 3.8) is 0 Å². The van der Waals surface area contributed by atoms with Crippen molar-refractivity contribution in [2.24, 2.45) is 0 Å². The van der Waals surface area contributed by atoms with Crippen molar-refractivity contribution < 1.29 is 41.4 Å². The molecule has 4 rings (SSSR count). The van der Waals surface area contributed by atoms with Crippen LogP contribution in [0.2, 0.25) is 0 Å². The van der Waals surface area contributed by atoms with E-state index in [2.05, 4.69) is 10.6 Å². The minimum atomic E-state index is -4.51. The maximum absolute atomic E-state index is 14.2. The van der Waals surface area contributed by atoms with Crippen LogP contribution in [0.3, 0.4) is 0 Å².